The van der Waals surface area contributed by atoms with Crippen molar-refractivity contribution < 1.29 is 10.2 Å². The fourth-order valence-electron chi connectivity index (χ4n) is 2.33. The van der Waals surface area contributed by atoms with Gasteiger partial charge >= 0.3 is 0 Å². The quantitative estimate of drug-likeness (QED) is 0.522. The molecule has 2 nitrogen and oxygen atoms in total. The summed E-state index contributed by atoms with van der Waals surface area (Å²) in [5, 5.41) is 19.0. The summed E-state index contributed by atoms with van der Waals surface area (Å²) in [6.07, 6.45) is 4.67. The average Bonchev–Trinajstić information content (AvgIpc) is 1.93. The molecule has 2 rings (SSSR count). The van der Waals surface area contributed by atoms with E-state index >= 15 is 0 Å². The van der Waals surface area contributed by atoms with E-state index in [1.165, 1.54) is 6.42 Å². The first-order valence-corrected chi connectivity index (χ1v) is 4.14. The predicted octanol–water partition coefficient (Wildman–Crippen LogP) is 0.672. The van der Waals surface area contributed by atoms with Crippen molar-refractivity contribution in [3.05, 3.63) is 0 Å². The van der Waals surface area contributed by atoms with E-state index < -0.39 is 11.7 Å². The van der Waals surface area contributed by atoms with Crippen LogP contribution >= 0.6 is 0 Å². The molecule has 3 unspecified atom stereocenters. The van der Waals surface area contributed by atoms with Crippen molar-refractivity contribution in [2.45, 2.75) is 43.8 Å². The molecule has 0 amide bonds. The Balaban J connectivity index is 2.08. The number of hydrogen-bond donors (Lipinski definition) is 2. The lowest BCUT2D eigenvalue weighted by molar-refractivity contribution is -0.208. The molecule has 2 heteroatoms. The van der Waals surface area contributed by atoms with Gasteiger partial charge < -0.3 is 10.2 Å². The molecule has 0 aromatic heterocycles. The van der Waals surface area contributed by atoms with Gasteiger partial charge in [0.25, 0.3) is 0 Å². The molecule has 0 saturated heterocycles. The van der Waals surface area contributed by atoms with Crippen LogP contribution in [0.2, 0.25) is 0 Å². The molecule has 2 aliphatic rings. The molecule has 2 fully saturated rings. The van der Waals surface area contributed by atoms with Crippen LogP contribution in [-0.2, 0) is 0 Å². The molecular formula is C8H14O2. The molecule has 58 valence electrons. The summed E-state index contributed by atoms with van der Waals surface area (Å²) in [6, 6.07) is 0. The highest BCUT2D eigenvalue weighted by atomic mass is 16.3. The first kappa shape index (κ1) is 6.62. The van der Waals surface area contributed by atoms with Crippen LogP contribution in [0.4, 0.5) is 0 Å². The van der Waals surface area contributed by atoms with E-state index in [1.807, 2.05) is 0 Å². The maximum atomic E-state index is 9.75. The molecule has 0 radical (unpaired) electrons. The number of hydrogen-bond acceptors (Lipinski definition) is 2. The van der Waals surface area contributed by atoms with Gasteiger partial charge in [0.05, 0.1) is 11.7 Å². The minimum Gasteiger partial charge on any atom is -0.390 e. The van der Waals surface area contributed by atoms with E-state index in [-0.39, 0.29) is 0 Å². The average molecular weight is 142 g/mol. The minimum atomic E-state index is -0.668. The molecule has 0 aliphatic heterocycles. The third-order valence-electron chi connectivity index (χ3n) is 3.17. The van der Waals surface area contributed by atoms with Gasteiger partial charge in [-0.25, -0.2) is 0 Å². The fraction of sp³-hybridized carbons (Fsp3) is 1.00. The van der Waals surface area contributed by atoms with Crippen molar-refractivity contribution in [2.24, 2.45) is 5.92 Å². The van der Waals surface area contributed by atoms with Crippen molar-refractivity contribution in [3.63, 3.8) is 0 Å². The summed E-state index contributed by atoms with van der Waals surface area (Å²) in [7, 11) is 0. The zero-order valence-corrected chi connectivity index (χ0v) is 6.08. The van der Waals surface area contributed by atoms with Gasteiger partial charge in [-0.15, -0.1) is 0 Å². The van der Waals surface area contributed by atoms with Crippen LogP contribution < -0.4 is 0 Å². The molecule has 10 heavy (non-hydrogen) atoms. The highest BCUT2D eigenvalue weighted by Gasteiger charge is 2.53. The lowest BCUT2D eigenvalue weighted by Crippen LogP contribution is -2.60. The van der Waals surface area contributed by atoms with Crippen molar-refractivity contribution in [1.82, 2.24) is 0 Å². The highest BCUT2D eigenvalue weighted by Crippen LogP contribution is 2.48. The Labute approximate surface area is 60.9 Å². The smallest absolute Gasteiger partial charge is 0.0934 e. The lowest BCUT2D eigenvalue weighted by Gasteiger charge is -2.52. The van der Waals surface area contributed by atoms with E-state index in [1.54, 1.807) is 0 Å². The molecule has 2 saturated carbocycles. The van der Waals surface area contributed by atoms with E-state index in [2.05, 4.69) is 0 Å². The maximum Gasteiger partial charge on any atom is 0.0934 e. The summed E-state index contributed by atoms with van der Waals surface area (Å²) in [5.41, 5.74) is -0.668. The molecule has 0 spiro atoms. The Morgan fingerprint density at radius 1 is 1.30 bits per heavy atom. The first-order valence-electron chi connectivity index (χ1n) is 4.14. The molecule has 3 atom stereocenters. The topological polar surface area (TPSA) is 40.5 Å². The van der Waals surface area contributed by atoms with Crippen LogP contribution in [0.5, 0.6) is 0 Å². The van der Waals surface area contributed by atoms with E-state index in [0.29, 0.717) is 5.92 Å². The monoisotopic (exact) mass is 142 g/mol. The van der Waals surface area contributed by atoms with Gasteiger partial charge in [0.2, 0.25) is 0 Å². The largest absolute Gasteiger partial charge is 0.390 e. The zero-order chi connectivity index (χ0) is 7.19. The Kier molecular flexibility index (Phi) is 1.29. The summed E-state index contributed by atoms with van der Waals surface area (Å²) in [5.74, 6) is 0.413. The van der Waals surface area contributed by atoms with Crippen LogP contribution in [0.25, 0.3) is 0 Å². The third kappa shape index (κ3) is 0.663. The van der Waals surface area contributed by atoms with Crippen LogP contribution in [0.15, 0.2) is 0 Å². The Hall–Kier alpha value is -0.0800. The number of aliphatic hydroxyl groups excluding tert-OH is 1. The fourth-order valence-corrected chi connectivity index (χ4v) is 2.33. The van der Waals surface area contributed by atoms with Gasteiger partial charge in [-0.05, 0) is 25.2 Å². The zero-order valence-electron chi connectivity index (χ0n) is 6.08. The number of rotatable bonds is 0. The molecular weight excluding hydrogens is 128 g/mol. The molecule has 2 N–H and O–H groups in total. The van der Waals surface area contributed by atoms with Crippen molar-refractivity contribution in [3.8, 4) is 0 Å². The van der Waals surface area contributed by atoms with Crippen molar-refractivity contribution >= 4 is 0 Å². The Morgan fingerprint density at radius 2 is 2.10 bits per heavy atom. The van der Waals surface area contributed by atoms with Crippen molar-refractivity contribution in [1.29, 1.82) is 0 Å². The molecule has 0 aromatic rings. The van der Waals surface area contributed by atoms with E-state index in [4.69, 9.17) is 0 Å². The molecule has 0 aromatic carbocycles. The lowest BCUT2D eigenvalue weighted by atomic mass is 9.60. The molecule has 0 heterocycles. The van der Waals surface area contributed by atoms with Gasteiger partial charge in [0, 0.05) is 0 Å². The van der Waals surface area contributed by atoms with E-state index in [9.17, 15) is 10.2 Å². The summed E-state index contributed by atoms with van der Waals surface area (Å²) < 4.78 is 0. The normalized spacial score (nSPS) is 53.4. The summed E-state index contributed by atoms with van der Waals surface area (Å²) >= 11 is 0. The SMILES string of the molecule is OC1CC2CCCCC12O. The van der Waals surface area contributed by atoms with Gasteiger partial charge in [0.1, 0.15) is 0 Å². The van der Waals surface area contributed by atoms with Gasteiger partial charge in [-0.3, -0.25) is 0 Å². The molecule has 2 aliphatic carbocycles. The second-order valence-corrected chi connectivity index (χ2v) is 3.69. The van der Waals surface area contributed by atoms with E-state index in [0.717, 1.165) is 25.7 Å². The van der Waals surface area contributed by atoms with Crippen LogP contribution in [-0.4, -0.2) is 21.9 Å². The Bertz CT molecular complexity index is 144. The first-order chi connectivity index (χ1) is 4.73. The minimum absolute atomic E-state index is 0.413. The van der Waals surface area contributed by atoms with Crippen LogP contribution in [0.3, 0.4) is 0 Å². The van der Waals surface area contributed by atoms with Gasteiger partial charge in [-0.1, -0.05) is 12.8 Å². The standard InChI is InChI=1S/C8H14O2/c9-7-5-6-3-1-2-4-8(6,7)10/h6-7,9-10H,1-5H2. The summed E-state index contributed by atoms with van der Waals surface area (Å²) in [6.45, 7) is 0. The second kappa shape index (κ2) is 1.95. The second-order valence-electron chi connectivity index (χ2n) is 3.69. The molecule has 0 bridgehead atoms. The number of aliphatic hydroxyl groups is 2. The maximum absolute atomic E-state index is 9.75. The van der Waals surface area contributed by atoms with Gasteiger partial charge in [0.15, 0.2) is 0 Å². The van der Waals surface area contributed by atoms with Crippen molar-refractivity contribution in [2.75, 3.05) is 0 Å². The van der Waals surface area contributed by atoms with Crippen LogP contribution in [0, 0.1) is 5.92 Å². The van der Waals surface area contributed by atoms with Crippen LogP contribution in [0.1, 0.15) is 32.1 Å². The third-order valence-corrected chi connectivity index (χ3v) is 3.17. The predicted molar refractivity (Wildman–Crippen MR) is 37.5 cm³/mol. The van der Waals surface area contributed by atoms with Gasteiger partial charge in [-0.2, -0.15) is 0 Å². The summed E-state index contributed by atoms with van der Waals surface area (Å²) in [4.78, 5) is 0. The highest BCUT2D eigenvalue weighted by molar-refractivity contribution is 5.05. The number of fused-ring (bicyclic) bond motifs is 1. The Morgan fingerprint density at radius 3 is 2.60 bits per heavy atom.